The Kier molecular flexibility index (Phi) is 15.6. The highest BCUT2D eigenvalue weighted by atomic mass is 32.3. The molecule has 3 rings (SSSR count). The Labute approximate surface area is 299 Å². The minimum Gasteiger partial charge on any atom is -0.444 e. The SMILES string of the molecule is CCCCN(OS(=O)(=O)ON1C(=O)N2C[C@@H]1CC[C@H]2C(=O)NNC(=O)[C@@H]1CCCN(C(=O)OC(C)(C)C)C1)C(CCC)(CCCC)CCCC. The summed E-state index contributed by atoms with van der Waals surface area (Å²) >= 11 is 0. The summed E-state index contributed by atoms with van der Waals surface area (Å²) < 4.78 is 43.6. The second-order valence-electron chi connectivity index (χ2n) is 14.9. The molecule has 3 atom stereocenters. The fraction of sp³-hybridized carbons (Fsp3) is 0.882. The molecule has 3 heterocycles. The van der Waals surface area contributed by atoms with Crippen molar-refractivity contribution in [3.63, 3.8) is 0 Å². The van der Waals surface area contributed by atoms with E-state index in [0.717, 1.165) is 69.3 Å². The van der Waals surface area contributed by atoms with Crippen LogP contribution < -0.4 is 10.9 Å². The minimum absolute atomic E-state index is 0.0835. The predicted molar refractivity (Wildman–Crippen MR) is 187 cm³/mol. The van der Waals surface area contributed by atoms with E-state index in [0.29, 0.717) is 32.4 Å². The molecule has 0 aromatic rings. The Hall–Kier alpha value is -2.69. The number of carbonyl (C=O) groups excluding carboxylic acids is 4. The number of likely N-dealkylation sites (tertiary alicyclic amines) is 1. The number of hydrogen-bond donors (Lipinski definition) is 2. The lowest BCUT2D eigenvalue weighted by Gasteiger charge is -2.43. The van der Waals surface area contributed by atoms with Gasteiger partial charge in [-0.15, -0.1) is 4.28 Å². The number of fused-ring (bicyclic) bond motifs is 2. The van der Waals surface area contributed by atoms with Gasteiger partial charge in [-0.2, -0.15) is 22.8 Å². The molecule has 2 bridgehead atoms. The van der Waals surface area contributed by atoms with Crippen LogP contribution in [0.3, 0.4) is 0 Å². The maximum atomic E-state index is 13.5. The van der Waals surface area contributed by atoms with E-state index in [1.807, 2.05) is 6.92 Å². The molecule has 3 saturated heterocycles. The molecule has 15 nitrogen and oxygen atoms in total. The standard InChI is InChI=1S/C34H62N6O9S/c1-8-12-20-34(19-11-4,21-13-9-2)39(23-14-10-3)48-50(45,46)49-40-27-17-18-28(38(25-27)31(40)43)30(42)36-35-29(41)26-16-15-22-37(24-26)32(44)47-33(5,6)7/h26-28H,8-25H2,1-7H3,(H,35,41)(H,36,42)/t26-,27+,28+/m1/s1. The zero-order valence-electron chi connectivity index (χ0n) is 31.3. The molecular formula is C34H62N6O9S. The predicted octanol–water partition coefficient (Wildman–Crippen LogP) is 5.18. The van der Waals surface area contributed by atoms with Crippen LogP contribution in [0.2, 0.25) is 0 Å². The number of ether oxygens (including phenoxy) is 1. The van der Waals surface area contributed by atoms with Crippen LogP contribution in [-0.2, 0) is 33.3 Å². The molecule has 2 N–H and O–H groups in total. The lowest BCUT2D eigenvalue weighted by molar-refractivity contribution is -0.172. The Balaban J connectivity index is 1.64. The maximum Gasteiger partial charge on any atom is 0.437 e. The van der Waals surface area contributed by atoms with Gasteiger partial charge in [-0.1, -0.05) is 66.2 Å². The number of hydroxylamine groups is 4. The average Bonchev–Trinajstić information content (AvgIpc) is 3.29. The van der Waals surface area contributed by atoms with Crippen LogP contribution in [0.4, 0.5) is 9.59 Å². The van der Waals surface area contributed by atoms with Crippen molar-refractivity contribution in [2.45, 2.75) is 162 Å². The lowest BCUT2D eigenvalue weighted by atomic mass is 9.82. The maximum absolute atomic E-state index is 13.5. The summed E-state index contributed by atoms with van der Waals surface area (Å²) in [6, 6.07) is -2.30. The summed E-state index contributed by atoms with van der Waals surface area (Å²) in [5.41, 5.74) is 3.73. The lowest BCUT2D eigenvalue weighted by Crippen LogP contribution is -2.56. The van der Waals surface area contributed by atoms with Gasteiger partial charge in [0.25, 0.3) is 5.91 Å². The normalized spacial score (nSPS) is 21.5. The molecule has 0 radical (unpaired) electrons. The summed E-state index contributed by atoms with van der Waals surface area (Å²) in [5.74, 6) is -1.61. The molecule has 0 aromatic heterocycles. The highest BCUT2D eigenvalue weighted by molar-refractivity contribution is 7.81. The highest BCUT2D eigenvalue weighted by Crippen LogP contribution is 2.36. The van der Waals surface area contributed by atoms with E-state index in [1.165, 1.54) is 9.80 Å². The van der Waals surface area contributed by atoms with Gasteiger partial charge in [0.05, 0.1) is 12.0 Å². The van der Waals surface area contributed by atoms with Crippen molar-refractivity contribution in [3.8, 4) is 0 Å². The molecule has 3 fully saturated rings. The van der Waals surface area contributed by atoms with E-state index in [1.54, 1.807) is 25.8 Å². The van der Waals surface area contributed by atoms with Crippen molar-refractivity contribution < 1.29 is 40.9 Å². The summed E-state index contributed by atoms with van der Waals surface area (Å²) in [5, 5.41) is 2.41. The second-order valence-corrected chi connectivity index (χ2v) is 16.1. The third kappa shape index (κ3) is 11.4. The third-order valence-corrected chi connectivity index (χ3v) is 10.4. The molecule has 0 unspecified atom stereocenters. The molecule has 3 aliphatic heterocycles. The number of unbranched alkanes of at least 4 members (excludes halogenated alkanes) is 3. The second kappa shape index (κ2) is 18.7. The molecule has 0 saturated carbocycles. The van der Waals surface area contributed by atoms with Gasteiger partial charge in [-0.05, 0) is 72.1 Å². The van der Waals surface area contributed by atoms with E-state index >= 15 is 0 Å². The summed E-state index contributed by atoms with van der Waals surface area (Å²) in [6.45, 7) is 14.8. The largest absolute Gasteiger partial charge is 0.444 e. The van der Waals surface area contributed by atoms with E-state index in [9.17, 15) is 27.6 Å². The van der Waals surface area contributed by atoms with Crippen LogP contribution in [0.1, 0.15) is 138 Å². The number of carbonyl (C=O) groups is 4. The Bertz CT molecular complexity index is 1250. The number of hydrogen-bond acceptors (Lipinski definition) is 10. The number of piperidine rings is 2. The van der Waals surface area contributed by atoms with Crippen molar-refractivity contribution in [2.24, 2.45) is 5.92 Å². The van der Waals surface area contributed by atoms with Crippen molar-refractivity contribution in [1.82, 2.24) is 30.8 Å². The Morgan fingerprint density at radius 1 is 0.860 bits per heavy atom. The highest BCUT2D eigenvalue weighted by Gasteiger charge is 2.50. The molecule has 0 aliphatic carbocycles. The van der Waals surface area contributed by atoms with Gasteiger partial charge >= 0.3 is 22.5 Å². The number of nitrogens with one attached hydrogen (secondary N) is 2. The molecule has 0 spiro atoms. The van der Waals surface area contributed by atoms with Gasteiger partial charge in [0.2, 0.25) is 5.91 Å². The molecular weight excluding hydrogens is 668 g/mol. The zero-order valence-corrected chi connectivity index (χ0v) is 32.1. The fourth-order valence-corrected chi connectivity index (χ4v) is 7.96. The van der Waals surface area contributed by atoms with Gasteiger partial charge in [0, 0.05) is 31.7 Å². The van der Waals surface area contributed by atoms with Crippen LogP contribution in [-0.4, -0.2) is 102 Å². The smallest absolute Gasteiger partial charge is 0.437 e. The van der Waals surface area contributed by atoms with Crippen LogP contribution in [0, 0.1) is 5.92 Å². The number of hydrazine groups is 1. The number of urea groups is 1. The molecule has 0 aromatic carbocycles. The van der Waals surface area contributed by atoms with Gasteiger partial charge in [0.1, 0.15) is 11.6 Å². The zero-order chi connectivity index (χ0) is 37.1. The van der Waals surface area contributed by atoms with Gasteiger partial charge in [0.15, 0.2) is 0 Å². The summed E-state index contributed by atoms with van der Waals surface area (Å²) in [6.07, 6.45) is 9.74. The minimum atomic E-state index is -4.70. The van der Waals surface area contributed by atoms with Crippen molar-refractivity contribution in [2.75, 3.05) is 26.2 Å². The van der Waals surface area contributed by atoms with Crippen molar-refractivity contribution in [1.29, 1.82) is 0 Å². The summed E-state index contributed by atoms with van der Waals surface area (Å²) in [7, 11) is -4.70. The first-order valence-electron chi connectivity index (χ1n) is 18.7. The quantitative estimate of drug-likeness (QED) is 0.180. The van der Waals surface area contributed by atoms with E-state index in [-0.39, 0.29) is 19.5 Å². The first-order valence-corrected chi connectivity index (χ1v) is 20.0. The van der Waals surface area contributed by atoms with Crippen LogP contribution in [0.5, 0.6) is 0 Å². The average molecular weight is 731 g/mol. The third-order valence-electron chi connectivity index (χ3n) is 9.68. The number of rotatable bonds is 18. The monoisotopic (exact) mass is 730 g/mol. The van der Waals surface area contributed by atoms with Crippen LogP contribution >= 0.6 is 0 Å². The molecule has 16 heteroatoms. The van der Waals surface area contributed by atoms with Crippen LogP contribution in [0.25, 0.3) is 0 Å². The summed E-state index contributed by atoms with van der Waals surface area (Å²) in [4.78, 5) is 54.9. The number of amides is 5. The molecule has 50 heavy (non-hydrogen) atoms. The Morgan fingerprint density at radius 3 is 2.10 bits per heavy atom. The van der Waals surface area contributed by atoms with Gasteiger partial charge in [-0.3, -0.25) is 20.4 Å². The molecule has 288 valence electrons. The first kappa shape index (κ1) is 41.7. The van der Waals surface area contributed by atoms with Gasteiger partial charge < -0.3 is 14.5 Å². The molecule has 5 amide bonds. The topological polar surface area (TPSA) is 167 Å². The fourth-order valence-electron chi connectivity index (χ4n) is 7.10. The van der Waals surface area contributed by atoms with E-state index in [4.69, 9.17) is 13.3 Å². The van der Waals surface area contributed by atoms with Crippen molar-refractivity contribution >= 4 is 34.3 Å². The van der Waals surface area contributed by atoms with Crippen LogP contribution in [0.15, 0.2) is 0 Å². The number of nitrogens with zero attached hydrogens (tertiary/aromatic N) is 4. The van der Waals surface area contributed by atoms with E-state index in [2.05, 4.69) is 31.6 Å². The Morgan fingerprint density at radius 2 is 1.50 bits per heavy atom. The molecule has 3 aliphatic rings. The van der Waals surface area contributed by atoms with Crippen molar-refractivity contribution in [3.05, 3.63) is 0 Å². The van der Waals surface area contributed by atoms with Gasteiger partial charge in [-0.25, -0.2) is 9.59 Å². The first-order chi connectivity index (χ1) is 23.6. The van der Waals surface area contributed by atoms with E-state index < -0.39 is 63.5 Å².